The van der Waals surface area contributed by atoms with Gasteiger partial charge in [-0.2, -0.15) is 0 Å². The lowest BCUT2D eigenvalue weighted by molar-refractivity contribution is -0.140. The summed E-state index contributed by atoms with van der Waals surface area (Å²) in [5.41, 5.74) is 1.41. The average Bonchev–Trinajstić information content (AvgIpc) is 2.72. The molecule has 2 rings (SSSR count). The summed E-state index contributed by atoms with van der Waals surface area (Å²) in [6, 6.07) is 7.39. The second-order valence-electron chi connectivity index (χ2n) is 4.12. The average molecular weight is 265 g/mol. The molecule has 0 atom stereocenters. The third-order valence-corrected chi connectivity index (χ3v) is 2.87. The first-order valence-electron chi connectivity index (χ1n) is 6.57. The number of nitrogens with zero attached hydrogens (tertiary/aromatic N) is 1. The Labute approximate surface area is 111 Å². The van der Waals surface area contributed by atoms with Crippen LogP contribution in [0.2, 0.25) is 0 Å². The minimum Gasteiger partial charge on any atom is -0.408 e. The highest BCUT2D eigenvalue weighted by molar-refractivity contribution is 5.72. The zero-order chi connectivity index (χ0) is 13.7. The Morgan fingerprint density at radius 1 is 1.21 bits per heavy atom. The van der Waals surface area contributed by atoms with E-state index in [1.165, 1.54) is 0 Å². The summed E-state index contributed by atoms with van der Waals surface area (Å²) in [6.07, 6.45) is 0.334. The number of hydrogen-bond donors (Lipinski definition) is 0. The summed E-state index contributed by atoms with van der Waals surface area (Å²) in [4.78, 5) is 11.8. The zero-order valence-corrected chi connectivity index (χ0v) is 11.3. The smallest absolute Gasteiger partial charge is 0.408 e. The first-order valence-corrected chi connectivity index (χ1v) is 6.57. The number of hydrogen-bond acceptors (Lipinski definition) is 4. The van der Waals surface area contributed by atoms with E-state index in [2.05, 4.69) is 0 Å². The van der Waals surface area contributed by atoms with Crippen LogP contribution in [0.25, 0.3) is 11.1 Å². The van der Waals surface area contributed by atoms with Gasteiger partial charge < -0.3 is 13.9 Å². The fraction of sp³-hybridized carbons (Fsp3) is 0.500. The lowest BCUT2D eigenvalue weighted by Gasteiger charge is -2.16. The van der Waals surface area contributed by atoms with E-state index in [-0.39, 0.29) is 12.0 Å². The molecule has 0 unspecified atom stereocenters. The third-order valence-electron chi connectivity index (χ3n) is 2.87. The van der Waals surface area contributed by atoms with Crippen molar-refractivity contribution in [2.45, 2.75) is 33.1 Å². The van der Waals surface area contributed by atoms with Crippen molar-refractivity contribution in [2.75, 3.05) is 13.2 Å². The van der Waals surface area contributed by atoms with Crippen molar-refractivity contribution in [2.24, 2.45) is 0 Å². The van der Waals surface area contributed by atoms with Crippen LogP contribution in [0.5, 0.6) is 0 Å². The number of fused-ring (bicyclic) bond motifs is 1. The summed E-state index contributed by atoms with van der Waals surface area (Å²) in [5.74, 6) is -0.340. The molecule has 0 bridgehead atoms. The first-order chi connectivity index (χ1) is 9.26. The second kappa shape index (κ2) is 6.54. The maximum atomic E-state index is 11.8. The number of aromatic nitrogens is 1. The largest absolute Gasteiger partial charge is 0.419 e. The molecule has 1 aromatic carbocycles. The minimum atomic E-state index is -0.340. The van der Waals surface area contributed by atoms with Gasteiger partial charge in [-0.3, -0.25) is 4.57 Å². The van der Waals surface area contributed by atoms with Gasteiger partial charge in [-0.25, -0.2) is 4.79 Å². The second-order valence-corrected chi connectivity index (χ2v) is 4.12. The van der Waals surface area contributed by atoms with Crippen LogP contribution in [0.15, 0.2) is 33.5 Å². The van der Waals surface area contributed by atoms with E-state index in [0.29, 0.717) is 31.8 Å². The molecule has 19 heavy (non-hydrogen) atoms. The van der Waals surface area contributed by atoms with Gasteiger partial charge in [-0.05, 0) is 26.0 Å². The highest BCUT2D eigenvalue weighted by atomic mass is 16.7. The summed E-state index contributed by atoms with van der Waals surface area (Å²) in [7, 11) is 0. The van der Waals surface area contributed by atoms with Crippen molar-refractivity contribution in [3.8, 4) is 0 Å². The normalized spacial score (nSPS) is 11.5. The number of oxazole rings is 1. The number of aryl methyl sites for hydroxylation is 1. The summed E-state index contributed by atoms with van der Waals surface area (Å²) in [6.45, 7) is 5.54. The van der Waals surface area contributed by atoms with E-state index < -0.39 is 0 Å². The quantitative estimate of drug-likeness (QED) is 0.721. The number of ether oxygens (including phenoxy) is 2. The summed E-state index contributed by atoms with van der Waals surface area (Å²) >= 11 is 0. The highest BCUT2D eigenvalue weighted by Gasteiger charge is 2.12. The molecule has 2 aromatic rings. The molecule has 0 fully saturated rings. The molecule has 0 aliphatic heterocycles. The van der Waals surface area contributed by atoms with Crippen LogP contribution < -0.4 is 5.76 Å². The molecule has 5 nitrogen and oxygen atoms in total. The van der Waals surface area contributed by atoms with Crippen LogP contribution in [-0.4, -0.2) is 24.1 Å². The molecule has 0 saturated carbocycles. The van der Waals surface area contributed by atoms with Crippen molar-refractivity contribution >= 4 is 11.1 Å². The van der Waals surface area contributed by atoms with Gasteiger partial charge in [0.25, 0.3) is 0 Å². The van der Waals surface area contributed by atoms with E-state index in [1.807, 2.05) is 32.0 Å². The van der Waals surface area contributed by atoms with E-state index in [4.69, 9.17) is 13.9 Å². The Bertz CT molecular complexity index is 566. The molecule has 1 aromatic heterocycles. The van der Waals surface area contributed by atoms with Crippen molar-refractivity contribution in [3.63, 3.8) is 0 Å². The van der Waals surface area contributed by atoms with Crippen LogP contribution in [-0.2, 0) is 16.0 Å². The molecule has 0 aliphatic carbocycles. The van der Waals surface area contributed by atoms with Gasteiger partial charge in [-0.1, -0.05) is 12.1 Å². The maximum Gasteiger partial charge on any atom is 0.419 e. The van der Waals surface area contributed by atoms with E-state index in [9.17, 15) is 4.79 Å². The van der Waals surface area contributed by atoms with Gasteiger partial charge in [0.2, 0.25) is 0 Å². The van der Waals surface area contributed by atoms with E-state index >= 15 is 0 Å². The minimum absolute atomic E-state index is 0.282. The van der Waals surface area contributed by atoms with Crippen molar-refractivity contribution < 1.29 is 13.9 Å². The van der Waals surface area contributed by atoms with Crippen LogP contribution >= 0.6 is 0 Å². The topological polar surface area (TPSA) is 53.6 Å². The maximum absolute atomic E-state index is 11.8. The Morgan fingerprint density at radius 3 is 2.58 bits per heavy atom. The van der Waals surface area contributed by atoms with E-state index in [0.717, 1.165) is 5.52 Å². The molecule has 104 valence electrons. The monoisotopic (exact) mass is 265 g/mol. The molecular weight excluding hydrogens is 246 g/mol. The van der Waals surface area contributed by atoms with E-state index in [1.54, 1.807) is 10.6 Å². The van der Waals surface area contributed by atoms with Crippen molar-refractivity contribution in [1.82, 2.24) is 4.57 Å². The Kier molecular flexibility index (Phi) is 4.76. The van der Waals surface area contributed by atoms with Crippen LogP contribution in [0.4, 0.5) is 0 Å². The molecule has 0 N–H and O–H groups in total. The Balaban J connectivity index is 2.12. The van der Waals surface area contributed by atoms with Gasteiger partial charge in [-0.15, -0.1) is 0 Å². The van der Waals surface area contributed by atoms with Crippen LogP contribution in [0, 0.1) is 0 Å². The van der Waals surface area contributed by atoms with Crippen molar-refractivity contribution in [1.29, 1.82) is 0 Å². The highest BCUT2D eigenvalue weighted by Crippen LogP contribution is 2.13. The lowest BCUT2D eigenvalue weighted by Crippen LogP contribution is -2.22. The lowest BCUT2D eigenvalue weighted by atomic mass is 10.3. The van der Waals surface area contributed by atoms with Gasteiger partial charge in [0.1, 0.15) is 0 Å². The van der Waals surface area contributed by atoms with Gasteiger partial charge in [0.15, 0.2) is 11.9 Å². The molecule has 0 saturated heterocycles. The first kappa shape index (κ1) is 13.8. The Morgan fingerprint density at radius 2 is 1.89 bits per heavy atom. The van der Waals surface area contributed by atoms with Crippen LogP contribution in [0.1, 0.15) is 20.3 Å². The van der Waals surface area contributed by atoms with Gasteiger partial charge in [0, 0.05) is 26.2 Å². The third kappa shape index (κ3) is 3.24. The molecule has 1 heterocycles. The number of para-hydroxylation sites is 2. The van der Waals surface area contributed by atoms with Gasteiger partial charge >= 0.3 is 5.76 Å². The summed E-state index contributed by atoms with van der Waals surface area (Å²) in [5, 5.41) is 0. The summed E-state index contributed by atoms with van der Waals surface area (Å²) < 4.78 is 17.7. The predicted octanol–water partition coefficient (Wildman–Crippen LogP) is 2.38. The SMILES string of the molecule is CCOC(CCn1c(=O)oc2ccccc21)OCC. The number of benzene rings is 1. The molecule has 5 heteroatoms. The molecular formula is C14H19NO4. The molecule has 0 aliphatic rings. The fourth-order valence-corrected chi connectivity index (χ4v) is 2.05. The predicted molar refractivity (Wildman–Crippen MR) is 72.1 cm³/mol. The Hall–Kier alpha value is -1.59. The molecule has 0 spiro atoms. The van der Waals surface area contributed by atoms with Crippen molar-refractivity contribution in [3.05, 3.63) is 34.8 Å². The standard InChI is InChI=1S/C14H19NO4/c1-3-17-13(18-4-2)9-10-15-11-7-5-6-8-12(11)19-14(15)16/h5-8,13H,3-4,9-10H2,1-2H3. The fourth-order valence-electron chi connectivity index (χ4n) is 2.05. The number of rotatable bonds is 7. The van der Waals surface area contributed by atoms with Crippen LogP contribution in [0.3, 0.4) is 0 Å². The zero-order valence-electron chi connectivity index (χ0n) is 11.3. The molecule has 0 amide bonds. The van der Waals surface area contributed by atoms with Gasteiger partial charge in [0.05, 0.1) is 5.52 Å². The molecule has 0 radical (unpaired) electrons.